The monoisotopic (exact) mass is 323 g/mol. The third kappa shape index (κ3) is 2.73. The molecule has 4 nitrogen and oxygen atoms in total. The van der Waals surface area contributed by atoms with Crippen molar-refractivity contribution in [2.24, 2.45) is 0 Å². The summed E-state index contributed by atoms with van der Waals surface area (Å²) in [5, 5.41) is 4.05. The maximum absolute atomic E-state index is 12.4. The van der Waals surface area contributed by atoms with Crippen LogP contribution in [0.3, 0.4) is 0 Å². The lowest BCUT2D eigenvalue weighted by molar-refractivity contribution is -0.121. The second kappa shape index (κ2) is 5.86. The summed E-state index contributed by atoms with van der Waals surface area (Å²) in [6.07, 6.45) is 5.48. The number of carbonyl (C=O) groups is 1. The van der Waals surface area contributed by atoms with Crippen molar-refractivity contribution in [3.63, 3.8) is 0 Å². The van der Waals surface area contributed by atoms with E-state index in [2.05, 4.69) is 17.4 Å². The van der Waals surface area contributed by atoms with E-state index in [0.717, 1.165) is 40.9 Å². The summed E-state index contributed by atoms with van der Waals surface area (Å²) in [6.45, 7) is 3.82. The van der Waals surface area contributed by atoms with Gasteiger partial charge in [0, 0.05) is 10.9 Å². The van der Waals surface area contributed by atoms with E-state index >= 15 is 0 Å². The number of benzene rings is 1. The van der Waals surface area contributed by atoms with Crippen molar-refractivity contribution in [2.75, 3.05) is 0 Å². The second-order valence-electron chi connectivity index (χ2n) is 6.65. The standard InChI is InChI=1S/C20H21NO3/c1-12-6-7-18(24-12)13(2)21-20(22)10-16-11-23-19-9-15-5-3-4-14(15)8-17(16)19/h6-9,11,13H,3-5,10H2,1-2H3,(H,21,22). The van der Waals surface area contributed by atoms with Crippen molar-refractivity contribution in [1.29, 1.82) is 0 Å². The van der Waals surface area contributed by atoms with Gasteiger partial charge in [0.1, 0.15) is 17.1 Å². The van der Waals surface area contributed by atoms with Gasteiger partial charge in [-0.1, -0.05) is 0 Å². The molecule has 0 spiro atoms. The summed E-state index contributed by atoms with van der Waals surface area (Å²) in [4.78, 5) is 12.4. The predicted octanol–water partition coefficient (Wildman–Crippen LogP) is 4.24. The highest BCUT2D eigenvalue weighted by molar-refractivity contribution is 5.88. The number of hydrogen-bond acceptors (Lipinski definition) is 3. The number of aryl methyl sites for hydroxylation is 3. The molecule has 1 N–H and O–H groups in total. The Labute approximate surface area is 140 Å². The fourth-order valence-corrected chi connectivity index (χ4v) is 3.51. The fraction of sp³-hybridized carbons (Fsp3) is 0.350. The van der Waals surface area contributed by atoms with Crippen molar-refractivity contribution < 1.29 is 13.6 Å². The Bertz CT molecular complexity index is 903. The van der Waals surface area contributed by atoms with Crippen molar-refractivity contribution >= 4 is 16.9 Å². The van der Waals surface area contributed by atoms with Gasteiger partial charge in [-0.05, 0) is 68.5 Å². The molecule has 1 unspecified atom stereocenters. The Balaban J connectivity index is 1.50. The molecule has 24 heavy (non-hydrogen) atoms. The molecular formula is C20H21NO3. The number of furan rings is 2. The molecule has 0 saturated heterocycles. The van der Waals surface area contributed by atoms with Crippen LogP contribution in [-0.4, -0.2) is 5.91 Å². The summed E-state index contributed by atoms with van der Waals surface area (Å²) in [5.74, 6) is 1.59. The minimum atomic E-state index is -0.145. The number of carbonyl (C=O) groups excluding carboxylic acids is 1. The van der Waals surface area contributed by atoms with Crippen LogP contribution < -0.4 is 5.32 Å². The molecule has 0 radical (unpaired) electrons. The minimum absolute atomic E-state index is 0.0280. The van der Waals surface area contributed by atoms with Gasteiger partial charge >= 0.3 is 0 Å². The van der Waals surface area contributed by atoms with Crippen LogP contribution in [0.25, 0.3) is 11.0 Å². The molecule has 0 bridgehead atoms. The van der Waals surface area contributed by atoms with Crippen molar-refractivity contribution in [1.82, 2.24) is 5.32 Å². The van der Waals surface area contributed by atoms with E-state index < -0.39 is 0 Å². The molecule has 4 rings (SSSR count). The van der Waals surface area contributed by atoms with E-state index in [-0.39, 0.29) is 11.9 Å². The number of hydrogen-bond donors (Lipinski definition) is 1. The van der Waals surface area contributed by atoms with E-state index in [1.807, 2.05) is 26.0 Å². The number of nitrogens with one attached hydrogen (secondary N) is 1. The minimum Gasteiger partial charge on any atom is -0.464 e. The van der Waals surface area contributed by atoms with Crippen molar-refractivity contribution in [3.05, 3.63) is 58.7 Å². The van der Waals surface area contributed by atoms with Crippen LogP contribution >= 0.6 is 0 Å². The maximum Gasteiger partial charge on any atom is 0.225 e. The van der Waals surface area contributed by atoms with Crippen LogP contribution in [0.4, 0.5) is 0 Å². The quantitative estimate of drug-likeness (QED) is 0.781. The van der Waals surface area contributed by atoms with E-state index in [9.17, 15) is 4.79 Å². The molecule has 1 amide bonds. The van der Waals surface area contributed by atoms with Gasteiger partial charge in [-0.25, -0.2) is 0 Å². The summed E-state index contributed by atoms with van der Waals surface area (Å²) in [7, 11) is 0. The molecule has 4 heteroatoms. The van der Waals surface area contributed by atoms with E-state index in [4.69, 9.17) is 8.83 Å². The summed E-state index contributed by atoms with van der Waals surface area (Å²) < 4.78 is 11.2. The van der Waals surface area contributed by atoms with Gasteiger partial charge in [-0.15, -0.1) is 0 Å². The molecular weight excluding hydrogens is 302 g/mol. The zero-order chi connectivity index (χ0) is 16.7. The van der Waals surface area contributed by atoms with Gasteiger partial charge in [0.05, 0.1) is 18.7 Å². The van der Waals surface area contributed by atoms with Gasteiger partial charge in [-0.3, -0.25) is 4.79 Å². The topological polar surface area (TPSA) is 55.4 Å². The zero-order valence-corrected chi connectivity index (χ0v) is 14.0. The molecule has 0 fully saturated rings. The SMILES string of the molecule is Cc1ccc(C(C)NC(=O)Cc2coc3cc4c(cc23)CCC4)o1. The average Bonchev–Trinajstić information content (AvgIpc) is 3.25. The molecule has 1 atom stereocenters. The van der Waals surface area contributed by atoms with Gasteiger partial charge < -0.3 is 14.2 Å². The average molecular weight is 323 g/mol. The van der Waals surface area contributed by atoms with E-state index in [0.29, 0.717) is 6.42 Å². The van der Waals surface area contributed by atoms with Crippen LogP contribution in [0.5, 0.6) is 0 Å². The van der Waals surface area contributed by atoms with Crippen LogP contribution in [0, 0.1) is 6.92 Å². The first kappa shape index (κ1) is 15.1. The van der Waals surface area contributed by atoms with Crippen LogP contribution in [0.1, 0.15) is 47.6 Å². The lowest BCUT2D eigenvalue weighted by atomic mass is 10.0. The van der Waals surface area contributed by atoms with E-state index in [1.165, 1.54) is 17.5 Å². The highest BCUT2D eigenvalue weighted by Crippen LogP contribution is 2.30. The van der Waals surface area contributed by atoms with Crippen LogP contribution in [0.2, 0.25) is 0 Å². The molecule has 0 saturated carbocycles. The largest absolute Gasteiger partial charge is 0.464 e. The summed E-state index contributed by atoms with van der Waals surface area (Å²) in [5.41, 5.74) is 4.60. The first-order valence-electron chi connectivity index (χ1n) is 8.48. The third-order valence-electron chi connectivity index (χ3n) is 4.78. The molecule has 3 aromatic rings. The molecule has 1 aromatic carbocycles. The molecule has 2 aromatic heterocycles. The van der Waals surface area contributed by atoms with Gasteiger partial charge in [0.15, 0.2) is 0 Å². The zero-order valence-electron chi connectivity index (χ0n) is 14.0. The normalized spacial score (nSPS) is 14.8. The van der Waals surface area contributed by atoms with Gasteiger partial charge in [0.2, 0.25) is 5.91 Å². The summed E-state index contributed by atoms with van der Waals surface area (Å²) in [6, 6.07) is 7.99. The number of rotatable bonds is 4. The maximum atomic E-state index is 12.4. The Morgan fingerprint density at radius 2 is 2.04 bits per heavy atom. The van der Waals surface area contributed by atoms with Gasteiger partial charge in [0.25, 0.3) is 0 Å². The highest BCUT2D eigenvalue weighted by Gasteiger charge is 2.18. The molecule has 0 aliphatic heterocycles. The van der Waals surface area contributed by atoms with Crippen molar-refractivity contribution in [3.8, 4) is 0 Å². The Morgan fingerprint density at radius 3 is 2.79 bits per heavy atom. The number of amides is 1. The fourth-order valence-electron chi connectivity index (χ4n) is 3.51. The van der Waals surface area contributed by atoms with E-state index in [1.54, 1.807) is 6.26 Å². The number of fused-ring (bicyclic) bond motifs is 2. The Hall–Kier alpha value is -2.49. The predicted molar refractivity (Wildman–Crippen MR) is 91.9 cm³/mol. The first-order chi connectivity index (χ1) is 11.6. The van der Waals surface area contributed by atoms with Gasteiger partial charge in [-0.2, -0.15) is 0 Å². The van der Waals surface area contributed by atoms with Crippen LogP contribution in [-0.2, 0) is 24.1 Å². The summed E-state index contributed by atoms with van der Waals surface area (Å²) >= 11 is 0. The Morgan fingerprint density at radius 1 is 1.25 bits per heavy atom. The molecule has 1 aliphatic carbocycles. The molecule has 124 valence electrons. The highest BCUT2D eigenvalue weighted by atomic mass is 16.3. The van der Waals surface area contributed by atoms with Crippen LogP contribution in [0.15, 0.2) is 39.4 Å². The first-order valence-corrected chi connectivity index (χ1v) is 8.48. The third-order valence-corrected chi connectivity index (χ3v) is 4.78. The smallest absolute Gasteiger partial charge is 0.225 e. The molecule has 1 aliphatic rings. The Kier molecular flexibility index (Phi) is 3.68. The van der Waals surface area contributed by atoms with Crippen molar-refractivity contribution in [2.45, 2.75) is 45.6 Å². The lowest BCUT2D eigenvalue weighted by Crippen LogP contribution is -2.27. The lowest BCUT2D eigenvalue weighted by Gasteiger charge is -2.11. The molecule has 2 heterocycles. The second-order valence-corrected chi connectivity index (χ2v) is 6.65.